The second kappa shape index (κ2) is 6.55. The summed E-state index contributed by atoms with van der Waals surface area (Å²) >= 11 is 0. The fraction of sp³-hybridized carbons (Fsp3) is 0.238. The Labute approximate surface area is 147 Å². The predicted octanol–water partition coefficient (Wildman–Crippen LogP) is 3.83. The molecule has 1 aromatic heterocycles. The normalized spacial score (nSPS) is 13.6. The van der Waals surface area contributed by atoms with Crippen LogP contribution in [-0.4, -0.2) is 22.2 Å². The van der Waals surface area contributed by atoms with E-state index in [9.17, 15) is 4.79 Å². The van der Waals surface area contributed by atoms with Crippen LogP contribution in [0.4, 0.5) is 5.69 Å². The maximum absolute atomic E-state index is 13.1. The van der Waals surface area contributed by atoms with Crippen LogP contribution in [0, 0.1) is 6.92 Å². The van der Waals surface area contributed by atoms with Gasteiger partial charge in [-0.25, -0.2) is 0 Å². The number of carbonyl (C=O) groups is 1. The number of aryl methyl sites for hydroxylation is 1. The van der Waals surface area contributed by atoms with Crippen molar-refractivity contribution in [3.8, 4) is 0 Å². The lowest BCUT2D eigenvalue weighted by atomic mass is 10.0. The van der Waals surface area contributed by atoms with Gasteiger partial charge < -0.3 is 4.90 Å². The summed E-state index contributed by atoms with van der Waals surface area (Å²) in [5.74, 6) is 0.0453. The first-order valence-corrected chi connectivity index (χ1v) is 8.70. The van der Waals surface area contributed by atoms with Gasteiger partial charge in [0.05, 0.1) is 18.3 Å². The van der Waals surface area contributed by atoms with Gasteiger partial charge in [-0.2, -0.15) is 5.10 Å². The van der Waals surface area contributed by atoms with Gasteiger partial charge in [0.25, 0.3) is 5.91 Å². The lowest BCUT2D eigenvalue weighted by molar-refractivity contribution is 0.0984. The maximum Gasteiger partial charge on any atom is 0.261 e. The number of rotatable bonds is 3. The number of aromatic nitrogens is 2. The lowest BCUT2D eigenvalue weighted by Gasteiger charge is -2.29. The third kappa shape index (κ3) is 2.95. The molecule has 3 aromatic rings. The number of benzene rings is 2. The SMILES string of the molecule is Cc1c(C(=O)N2CCCc3ccccc32)cnn1Cc1ccccc1. The molecule has 126 valence electrons. The molecular formula is C21H21N3O. The highest BCUT2D eigenvalue weighted by Gasteiger charge is 2.25. The number of anilines is 1. The first kappa shape index (κ1) is 15.6. The maximum atomic E-state index is 13.1. The molecule has 25 heavy (non-hydrogen) atoms. The van der Waals surface area contributed by atoms with Gasteiger partial charge in [-0.15, -0.1) is 0 Å². The van der Waals surface area contributed by atoms with E-state index in [0.29, 0.717) is 12.1 Å². The molecule has 4 nitrogen and oxygen atoms in total. The van der Waals surface area contributed by atoms with Crippen LogP contribution in [0.2, 0.25) is 0 Å². The summed E-state index contributed by atoms with van der Waals surface area (Å²) in [7, 11) is 0. The van der Waals surface area contributed by atoms with Crippen molar-refractivity contribution in [2.45, 2.75) is 26.3 Å². The Morgan fingerprint density at radius 1 is 1.08 bits per heavy atom. The highest BCUT2D eigenvalue weighted by Crippen LogP contribution is 2.28. The second-order valence-electron chi connectivity index (χ2n) is 6.48. The van der Waals surface area contributed by atoms with Gasteiger partial charge in [0, 0.05) is 17.9 Å². The van der Waals surface area contributed by atoms with Crippen LogP contribution in [0.5, 0.6) is 0 Å². The zero-order chi connectivity index (χ0) is 17.2. The number of amides is 1. The molecule has 0 bridgehead atoms. The van der Waals surface area contributed by atoms with Crippen molar-refractivity contribution in [3.05, 3.63) is 83.2 Å². The summed E-state index contributed by atoms with van der Waals surface area (Å²) in [4.78, 5) is 15.0. The molecule has 0 radical (unpaired) electrons. The zero-order valence-electron chi connectivity index (χ0n) is 14.4. The summed E-state index contributed by atoms with van der Waals surface area (Å²) in [5.41, 5.74) is 5.06. The van der Waals surface area contributed by atoms with E-state index in [1.807, 2.05) is 52.9 Å². The molecule has 0 atom stereocenters. The molecule has 4 heteroatoms. The molecule has 4 rings (SSSR count). The van der Waals surface area contributed by atoms with Crippen LogP contribution in [-0.2, 0) is 13.0 Å². The fourth-order valence-corrected chi connectivity index (χ4v) is 3.46. The van der Waals surface area contributed by atoms with Crippen LogP contribution >= 0.6 is 0 Å². The molecule has 0 saturated heterocycles. The highest BCUT2D eigenvalue weighted by molar-refractivity contribution is 6.07. The van der Waals surface area contributed by atoms with E-state index >= 15 is 0 Å². The summed E-state index contributed by atoms with van der Waals surface area (Å²) in [6, 6.07) is 18.4. The van der Waals surface area contributed by atoms with Crippen molar-refractivity contribution >= 4 is 11.6 Å². The molecule has 0 fully saturated rings. The van der Waals surface area contributed by atoms with Crippen molar-refractivity contribution < 1.29 is 4.79 Å². The largest absolute Gasteiger partial charge is 0.308 e. The molecule has 0 unspecified atom stereocenters. The minimum absolute atomic E-state index is 0.0453. The summed E-state index contributed by atoms with van der Waals surface area (Å²) in [5, 5.41) is 4.45. The van der Waals surface area contributed by atoms with Gasteiger partial charge in [-0.3, -0.25) is 9.48 Å². The fourth-order valence-electron chi connectivity index (χ4n) is 3.46. The lowest BCUT2D eigenvalue weighted by Crippen LogP contribution is -2.35. The second-order valence-corrected chi connectivity index (χ2v) is 6.48. The van der Waals surface area contributed by atoms with E-state index in [4.69, 9.17) is 0 Å². The molecule has 0 N–H and O–H groups in total. The molecule has 2 heterocycles. The quantitative estimate of drug-likeness (QED) is 0.731. The Hall–Kier alpha value is -2.88. The van der Waals surface area contributed by atoms with Crippen molar-refractivity contribution in [1.29, 1.82) is 0 Å². The average molecular weight is 331 g/mol. The van der Waals surface area contributed by atoms with Crippen LogP contribution < -0.4 is 4.90 Å². The first-order valence-electron chi connectivity index (χ1n) is 8.70. The molecule has 1 amide bonds. The molecule has 0 saturated carbocycles. The van der Waals surface area contributed by atoms with Gasteiger partial charge in [0.2, 0.25) is 0 Å². The van der Waals surface area contributed by atoms with Crippen molar-refractivity contribution in [2.75, 3.05) is 11.4 Å². The van der Waals surface area contributed by atoms with E-state index in [1.165, 1.54) is 11.1 Å². The van der Waals surface area contributed by atoms with Gasteiger partial charge in [-0.1, -0.05) is 48.5 Å². The van der Waals surface area contributed by atoms with Gasteiger partial charge in [-0.05, 0) is 37.0 Å². The first-order chi connectivity index (χ1) is 12.2. The number of hydrogen-bond acceptors (Lipinski definition) is 2. The Morgan fingerprint density at radius 3 is 2.68 bits per heavy atom. The van der Waals surface area contributed by atoms with E-state index in [-0.39, 0.29) is 5.91 Å². The standard InChI is InChI=1S/C21H21N3O/c1-16-19(14-22-24(16)15-17-8-3-2-4-9-17)21(25)23-13-7-11-18-10-5-6-12-20(18)23/h2-6,8-10,12,14H,7,11,13,15H2,1H3. The molecule has 1 aliphatic heterocycles. The van der Waals surface area contributed by atoms with Crippen LogP contribution in [0.3, 0.4) is 0 Å². The zero-order valence-corrected chi connectivity index (χ0v) is 14.4. The number of hydrogen-bond donors (Lipinski definition) is 0. The van der Waals surface area contributed by atoms with Gasteiger partial charge in [0.15, 0.2) is 0 Å². The third-order valence-electron chi connectivity index (χ3n) is 4.86. The molecule has 0 spiro atoms. The third-order valence-corrected chi connectivity index (χ3v) is 4.86. The molecule has 2 aromatic carbocycles. The minimum Gasteiger partial charge on any atom is -0.308 e. The van der Waals surface area contributed by atoms with Gasteiger partial charge >= 0.3 is 0 Å². The van der Waals surface area contributed by atoms with Crippen molar-refractivity contribution in [3.63, 3.8) is 0 Å². The topological polar surface area (TPSA) is 38.1 Å². The summed E-state index contributed by atoms with van der Waals surface area (Å²) in [6.07, 6.45) is 3.74. The summed E-state index contributed by atoms with van der Waals surface area (Å²) < 4.78 is 1.90. The number of carbonyl (C=O) groups excluding carboxylic acids is 1. The monoisotopic (exact) mass is 331 g/mol. The van der Waals surface area contributed by atoms with E-state index in [1.54, 1.807) is 6.20 Å². The number of fused-ring (bicyclic) bond motifs is 1. The molecule has 1 aliphatic rings. The van der Waals surface area contributed by atoms with E-state index in [2.05, 4.69) is 23.3 Å². The average Bonchev–Trinajstić information content (AvgIpc) is 3.02. The van der Waals surface area contributed by atoms with Crippen molar-refractivity contribution in [1.82, 2.24) is 9.78 Å². The van der Waals surface area contributed by atoms with E-state index < -0.39 is 0 Å². The smallest absolute Gasteiger partial charge is 0.261 e. The van der Waals surface area contributed by atoms with Gasteiger partial charge in [0.1, 0.15) is 0 Å². The van der Waals surface area contributed by atoms with Crippen LogP contribution in [0.25, 0.3) is 0 Å². The predicted molar refractivity (Wildman–Crippen MR) is 98.9 cm³/mol. The Kier molecular flexibility index (Phi) is 4.10. The molecule has 0 aliphatic carbocycles. The Morgan fingerprint density at radius 2 is 1.84 bits per heavy atom. The number of nitrogens with zero attached hydrogens (tertiary/aromatic N) is 3. The minimum atomic E-state index is 0.0453. The Balaban J connectivity index is 1.62. The number of para-hydroxylation sites is 1. The summed E-state index contributed by atoms with van der Waals surface area (Å²) in [6.45, 7) is 3.41. The van der Waals surface area contributed by atoms with Crippen molar-refractivity contribution in [2.24, 2.45) is 0 Å². The molecular weight excluding hydrogens is 310 g/mol. The van der Waals surface area contributed by atoms with Crippen LogP contribution in [0.1, 0.15) is 33.6 Å². The highest BCUT2D eigenvalue weighted by atomic mass is 16.2. The Bertz CT molecular complexity index is 899. The van der Waals surface area contributed by atoms with E-state index in [0.717, 1.165) is 30.8 Å². The van der Waals surface area contributed by atoms with Crippen LogP contribution in [0.15, 0.2) is 60.8 Å².